The van der Waals surface area contributed by atoms with Crippen LogP contribution in [0.25, 0.3) is 11.2 Å². The molecule has 0 N–H and O–H groups in total. The van der Waals surface area contributed by atoms with Crippen molar-refractivity contribution < 1.29 is 9.53 Å². The third-order valence-corrected chi connectivity index (χ3v) is 5.47. The molecule has 3 aromatic heterocycles. The third kappa shape index (κ3) is 2.88. The van der Waals surface area contributed by atoms with Crippen molar-refractivity contribution >= 4 is 17.1 Å². The van der Waals surface area contributed by atoms with Crippen molar-refractivity contribution in [3.05, 3.63) is 53.2 Å². The summed E-state index contributed by atoms with van der Waals surface area (Å²) < 4.78 is 7.56. The first-order valence-corrected chi connectivity index (χ1v) is 9.33. The van der Waals surface area contributed by atoms with Crippen LogP contribution in [0.2, 0.25) is 0 Å². The van der Waals surface area contributed by atoms with Crippen LogP contribution < -0.4 is 0 Å². The summed E-state index contributed by atoms with van der Waals surface area (Å²) >= 11 is 0. The number of ether oxygens (including phenoxy) is 1. The average Bonchev–Trinajstić information content (AvgIpc) is 3.31. The Bertz CT molecular complexity index is 1020. The quantitative estimate of drug-likeness (QED) is 0.700. The summed E-state index contributed by atoms with van der Waals surface area (Å²) in [6.07, 6.45) is 7.31. The highest BCUT2D eigenvalue weighted by Gasteiger charge is 2.26. The maximum absolute atomic E-state index is 13.0. The molecule has 0 atom stereocenters. The topological polar surface area (TPSA) is 73.1 Å². The van der Waals surface area contributed by atoms with Gasteiger partial charge >= 0.3 is 0 Å². The Morgan fingerprint density at radius 3 is 2.74 bits per heavy atom. The second-order valence-electron chi connectivity index (χ2n) is 7.32. The van der Waals surface area contributed by atoms with Crippen molar-refractivity contribution in [3.8, 4) is 0 Å². The first-order chi connectivity index (χ1) is 13.2. The minimum Gasteiger partial charge on any atom is -0.381 e. The monoisotopic (exact) mass is 363 g/mol. The first kappa shape index (κ1) is 16.4. The molecule has 0 bridgehead atoms. The fraction of sp³-hybridized carbons (Fsp3) is 0.400. The van der Waals surface area contributed by atoms with Gasteiger partial charge in [0.05, 0.1) is 11.9 Å². The first-order valence-electron chi connectivity index (χ1n) is 9.33. The van der Waals surface area contributed by atoms with Gasteiger partial charge in [0.25, 0.3) is 5.91 Å². The zero-order chi connectivity index (χ0) is 18.4. The Labute approximate surface area is 157 Å². The summed E-state index contributed by atoms with van der Waals surface area (Å²) in [5, 5.41) is 0. The molecule has 2 aliphatic rings. The highest BCUT2D eigenvalue weighted by molar-refractivity contribution is 5.96. The number of aromatic nitrogens is 4. The van der Waals surface area contributed by atoms with Gasteiger partial charge in [-0.05, 0) is 43.0 Å². The zero-order valence-corrected chi connectivity index (χ0v) is 15.3. The van der Waals surface area contributed by atoms with E-state index in [9.17, 15) is 4.79 Å². The van der Waals surface area contributed by atoms with Crippen LogP contribution in [-0.4, -0.2) is 43.5 Å². The molecule has 0 aliphatic carbocycles. The molecule has 7 heteroatoms. The van der Waals surface area contributed by atoms with Crippen LogP contribution in [0.15, 0.2) is 30.9 Å². The molecule has 1 amide bonds. The minimum absolute atomic E-state index is 0.0149. The Balaban J connectivity index is 1.40. The summed E-state index contributed by atoms with van der Waals surface area (Å²) in [5.41, 5.74) is 5.45. The van der Waals surface area contributed by atoms with E-state index in [0.29, 0.717) is 24.7 Å². The number of rotatable bonds is 2. The Morgan fingerprint density at radius 1 is 1.07 bits per heavy atom. The minimum atomic E-state index is -0.0149. The van der Waals surface area contributed by atoms with Gasteiger partial charge in [0.1, 0.15) is 5.52 Å². The predicted octanol–water partition coefficient (Wildman–Crippen LogP) is 2.64. The SMILES string of the molecule is Cc1cc2c(cn1)CN(C(=O)c1cnc3c(c1)ncn3C1CCOCC1)C2. The van der Waals surface area contributed by atoms with Crippen molar-refractivity contribution in [2.24, 2.45) is 0 Å². The van der Waals surface area contributed by atoms with Gasteiger partial charge in [-0.15, -0.1) is 0 Å². The summed E-state index contributed by atoms with van der Waals surface area (Å²) in [7, 11) is 0. The van der Waals surface area contributed by atoms with Crippen molar-refractivity contribution in [1.29, 1.82) is 0 Å². The van der Waals surface area contributed by atoms with Crippen LogP contribution >= 0.6 is 0 Å². The lowest BCUT2D eigenvalue weighted by Gasteiger charge is -2.23. The number of hydrogen-bond donors (Lipinski definition) is 0. The summed E-state index contributed by atoms with van der Waals surface area (Å²) in [6.45, 7) is 4.72. The van der Waals surface area contributed by atoms with E-state index < -0.39 is 0 Å². The van der Waals surface area contributed by atoms with Crippen LogP contribution in [-0.2, 0) is 17.8 Å². The second-order valence-corrected chi connectivity index (χ2v) is 7.32. The van der Waals surface area contributed by atoms with Crippen LogP contribution in [0.3, 0.4) is 0 Å². The molecule has 5 heterocycles. The highest BCUT2D eigenvalue weighted by atomic mass is 16.5. The number of imidazole rings is 1. The molecular formula is C20H21N5O2. The molecule has 1 saturated heterocycles. The van der Waals surface area contributed by atoms with E-state index in [1.54, 1.807) is 6.20 Å². The van der Waals surface area contributed by atoms with Gasteiger partial charge in [0.2, 0.25) is 0 Å². The molecule has 2 aliphatic heterocycles. The molecule has 1 fully saturated rings. The normalized spacial score (nSPS) is 17.4. The van der Waals surface area contributed by atoms with Gasteiger partial charge < -0.3 is 14.2 Å². The number of fused-ring (bicyclic) bond motifs is 2. The van der Waals surface area contributed by atoms with Gasteiger partial charge in [-0.1, -0.05) is 0 Å². The van der Waals surface area contributed by atoms with Crippen molar-refractivity contribution in [2.75, 3.05) is 13.2 Å². The van der Waals surface area contributed by atoms with Crippen LogP contribution in [0.4, 0.5) is 0 Å². The van der Waals surface area contributed by atoms with Crippen LogP contribution in [0.5, 0.6) is 0 Å². The molecule has 0 saturated carbocycles. The average molecular weight is 363 g/mol. The van der Waals surface area contributed by atoms with Crippen molar-refractivity contribution in [2.45, 2.75) is 38.9 Å². The molecule has 5 rings (SSSR count). The van der Waals surface area contributed by atoms with E-state index >= 15 is 0 Å². The number of amides is 1. The number of aryl methyl sites for hydroxylation is 1. The smallest absolute Gasteiger partial charge is 0.256 e. The highest BCUT2D eigenvalue weighted by Crippen LogP contribution is 2.27. The van der Waals surface area contributed by atoms with E-state index in [2.05, 4.69) is 25.6 Å². The standard InChI is InChI=1S/C20H21N5O2/c1-13-6-15-10-24(11-16(15)9-21-13)20(26)14-7-18-19(22-8-14)25(12-23-18)17-2-4-27-5-3-17/h6-9,12,17H,2-5,10-11H2,1H3. The molecular weight excluding hydrogens is 342 g/mol. The fourth-order valence-electron chi connectivity index (χ4n) is 3.99. The van der Waals surface area contributed by atoms with E-state index in [-0.39, 0.29) is 5.91 Å². The zero-order valence-electron chi connectivity index (χ0n) is 15.3. The summed E-state index contributed by atoms with van der Waals surface area (Å²) in [5.74, 6) is -0.0149. The van der Waals surface area contributed by atoms with E-state index in [0.717, 1.165) is 48.5 Å². The van der Waals surface area contributed by atoms with Gasteiger partial charge in [-0.3, -0.25) is 9.78 Å². The predicted molar refractivity (Wildman–Crippen MR) is 99.2 cm³/mol. The van der Waals surface area contributed by atoms with Crippen molar-refractivity contribution in [3.63, 3.8) is 0 Å². The third-order valence-electron chi connectivity index (χ3n) is 5.47. The van der Waals surface area contributed by atoms with E-state index in [1.807, 2.05) is 30.4 Å². The van der Waals surface area contributed by atoms with Crippen LogP contribution in [0.1, 0.15) is 46.1 Å². The number of hydrogen-bond acceptors (Lipinski definition) is 5. The number of carbonyl (C=O) groups is 1. The van der Waals surface area contributed by atoms with Gasteiger partial charge in [-0.2, -0.15) is 0 Å². The van der Waals surface area contributed by atoms with E-state index in [4.69, 9.17) is 4.74 Å². The Hall–Kier alpha value is -2.80. The molecule has 7 nitrogen and oxygen atoms in total. The molecule has 3 aromatic rings. The van der Waals surface area contributed by atoms with Crippen molar-refractivity contribution in [1.82, 2.24) is 24.4 Å². The van der Waals surface area contributed by atoms with Gasteiger partial charge in [0.15, 0.2) is 5.65 Å². The molecule has 0 aromatic carbocycles. The lowest BCUT2D eigenvalue weighted by molar-refractivity contribution is 0.0704. The Kier molecular flexibility index (Phi) is 3.89. The lowest BCUT2D eigenvalue weighted by Crippen LogP contribution is -2.25. The van der Waals surface area contributed by atoms with Gasteiger partial charge in [-0.25, -0.2) is 9.97 Å². The lowest BCUT2D eigenvalue weighted by atomic mass is 10.1. The maximum Gasteiger partial charge on any atom is 0.256 e. The molecule has 0 radical (unpaired) electrons. The molecule has 0 spiro atoms. The largest absolute Gasteiger partial charge is 0.381 e. The molecule has 138 valence electrons. The molecule has 27 heavy (non-hydrogen) atoms. The molecule has 0 unspecified atom stereocenters. The van der Waals surface area contributed by atoms with Gasteiger partial charge in [0, 0.05) is 50.4 Å². The number of carbonyl (C=O) groups excluding carboxylic acids is 1. The summed E-state index contributed by atoms with van der Waals surface area (Å²) in [4.78, 5) is 28.2. The van der Waals surface area contributed by atoms with E-state index in [1.165, 1.54) is 5.56 Å². The maximum atomic E-state index is 13.0. The number of nitrogens with zero attached hydrogens (tertiary/aromatic N) is 5. The summed E-state index contributed by atoms with van der Waals surface area (Å²) in [6, 6.07) is 4.27. The Morgan fingerprint density at radius 2 is 1.89 bits per heavy atom. The fourth-order valence-corrected chi connectivity index (χ4v) is 3.99. The number of pyridine rings is 2. The second kappa shape index (κ2) is 6.42. The van der Waals surface area contributed by atoms with Crippen LogP contribution in [0, 0.1) is 6.92 Å².